The molecule has 0 unspecified atom stereocenters. The van der Waals surface area contributed by atoms with Gasteiger partial charge in [-0.1, -0.05) is 41.9 Å². The van der Waals surface area contributed by atoms with E-state index in [4.69, 9.17) is 25.8 Å². The van der Waals surface area contributed by atoms with Crippen molar-refractivity contribution in [3.8, 4) is 17.2 Å². The van der Waals surface area contributed by atoms with Crippen LogP contribution in [0, 0.1) is 13.8 Å². The molecule has 8 nitrogen and oxygen atoms in total. The van der Waals surface area contributed by atoms with Gasteiger partial charge in [0.1, 0.15) is 12.4 Å². The first-order valence-electron chi connectivity index (χ1n) is 12.1. The van der Waals surface area contributed by atoms with E-state index >= 15 is 0 Å². The van der Waals surface area contributed by atoms with Crippen molar-refractivity contribution in [1.29, 1.82) is 0 Å². The molecule has 0 spiro atoms. The summed E-state index contributed by atoms with van der Waals surface area (Å²) in [6.45, 7) is 3.87. The van der Waals surface area contributed by atoms with Crippen molar-refractivity contribution >= 4 is 52.2 Å². The molecule has 1 saturated heterocycles. The zero-order valence-corrected chi connectivity index (χ0v) is 23.2. The first-order chi connectivity index (χ1) is 18.7. The molecule has 202 valence electrons. The summed E-state index contributed by atoms with van der Waals surface area (Å²) in [7, 11) is 1.48. The first-order valence-corrected chi connectivity index (χ1v) is 13.2. The lowest BCUT2D eigenvalue weighted by molar-refractivity contribution is -0.123. The predicted molar refractivity (Wildman–Crippen MR) is 153 cm³/mol. The Kier molecular flexibility index (Phi) is 9.16. The Morgan fingerprint density at radius 3 is 2.56 bits per heavy atom. The molecule has 1 N–H and O–H groups in total. The van der Waals surface area contributed by atoms with Gasteiger partial charge in [-0.15, -0.1) is 0 Å². The third-order valence-corrected chi connectivity index (χ3v) is 7.01. The number of imide groups is 1. The lowest BCUT2D eigenvalue weighted by Gasteiger charge is -2.14. The van der Waals surface area contributed by atoms with Gasteiger partial charge in [0.25, 0.3) is 17.1 Å². The number of benzene rings is 3. The van der Waals surface area contributed by atoms with Crippen molar-refractivity contribution in [3.63, 3.8) is 0 Å². The number of nitrogens with one attached hydrogen (secondary N) is 1. The number of halogens is 1. The number of carbonyl (C=O) groups is 3. The number of carbonyl (C=O) groups excluding carboxylic acids is 3. The number of anilines is 1. The van der Waals surface area contributed by atoms with Crippen LogP contribution in [0.2, 0.25) is 5.02 Å². The zero-order chi connectivity index (χ0) is 27.9. The van der Waals surface area contributed by atoms with Crippen molar-refractivity contribution in [2.24, 2.45) is 0 Å². The number of thioether (sulfide) groups is 1. The Hall–Kier alpha value is -3.95. The summed E-state index contributed by atoms with van der Waals surface area (Å²) in [5.74, 6) is 0.530. The van der Waals surface area contributed by atoms with Crippen LogP contribution in [0.4, 0.5) is 10.5 Å². The van der Waals surface area contributed by atoms with E-state index in [-0.39, 0.29) is 35.8 Å². The van der Waals surface area contributed by atoms with E-state index in [1.54, 1.807) is 48.5 Å². The number of methoxy groups -OCH3 is 1. The van der Waals surface area contributed by atoms with Gasteiger partial charge in [-0.05, 0) is 78.7 Å². The quantitative estimate of drug-likeness (QED) is 0.296. The van der Waals surface area contributed by atoms with Crippen LogP contribution in [0.25, 0.3) is 6.08 Å². The average Bonchev–Trinajstić information content (AvgIpc) is 3.18. The van der Waals surface area contributed by atoms with Crippen molar-refractivity contribution < 1.29 is 28.6 Å². The highest BCUT2D eigenvalue weighted by atomic mass is 35.5. The first kappa shape index (κ1) is 28.1. The van der Waals surface area contributed by atoms with E-state index in [1.165, 1.54) is 7.11 Å². The van der Waals surface area contributed by atoms with Crippen LogP contribution in [-0.2, 0) is 9.59 Å². The standard InChI is InChI=1S/C29H27ClN2O6S/c1-18-8-9-19(2)22(14-18)31-27(33)17-38-24-11-10-20(15-25(24)36-3)16-26-28(34)32(29(35)39-26)12-13-37-23-7-5-4-6-21(23)30/h4-11,14-16H,12-13,17H2,1-3H3,(H,31,33)/b26-16-. The summed E-state index contributed by atoms with van der Waals surface area (Å²) < 4.78 is 16.7. The summed E-state index contributed by atoms with van der Waals surface area (Å²) in [6.07, 6.45) is 1.61. The van der Waals surface area contributed by atoms with Gasteiger partial charge in [0.15, 0.2) is 18.1 Å². The number of amides is 3. The molecular formula is C29H27ClN2O6S. The van der Waals surface area contributed by atoms with E-state index in [9.17, 15) is 14.4 Å². The fraction of sp³-hybridized carbons (Fsp3) is 0.207. The third kappa shape index (κ3) is 7.13. The molecule has 0 aromatic heterocycles. The lowest BCUT2D eigenvalue weighted by Crippen LogP contribution is -2.32. The summed E-state index contributed by atoms with van der Waals surface area (Å²) >= 11 is 6.93. The largest absolute Gasteiger partial charge is 0.493 e. The molecule has 0 bridgehead atoms. The minimum absolute atomic E-state index is 0.0907. The number of aryl methyl sites for hydroxylation is 2. The molecule has 3 amide bonds. The highest BCUT2D eigenvalue weighted by Crippen LogP contribution is 2.34. The number of hydrogen-bond donors (Lipinski definition) is 1. The van der Waals surface area contributed by atoms with Crippen LogP contribution in [0.15, 0.2) is 65.6 Å². The molecule has 0 radical (unpaired) electrons. The van der Waals surface area contributed by atoms with Gasteiger partial charge in [-0.2, -0.15) is 0 Å². The summed E-state index contributed by atoms with van der Waals surface area (Å²) in [5, 5.41) is 2.93. The molecule has 4 rings (SSSR count). The molecule has 3 aromatic rings. The van der Waals surface area contributed by atoms with Gasteiger partial charge in [0.2, 0.25) is 0 Å². The van der Waals surface area contributed by atoms with E-state index in [0.29, 0.717) is 27.8 Å². The van der Waals surface area contributed by atoms with Gasteiger partial charge >= 0.3 is 0 Å². The normalized spacial score (nSPS) is 14.1. The van der Waals surface area contributed by atoms with Crippen molar-refractivity contribution in [2.75, 3.05) is 32.2 Å². The molecular weight excluding hydrogens is 540 g/mol. The number of nitrogens with zero attached hydrogens (tertiary/aromatic N) is 1. The van der Waals surface area contributed by atoms with Gasteiger partial charge in [0.05, 0.1) is 23.6 Å². The Morgan fingerprint density at radius 2 is 1.79 bits per heavy atom. The maximum atomic E-state index is 12.9. The highest BCUT2D eigenvalue weighted by molar-refractivity contribution is 8.18. The monoisotopic (exact) mass is 566 g/mol. The summed E-state index contributed by atoms with van der Waals surface area (Å²) in [5.41, 5.74) is 3.36. The third-order valence-electron chi connectivity index (χ3n) is 5.79. The second kappa shape index (κ2) is 12.7. The molecule has 0 atom stereocenters. The summed E-state index contributed by atoms with van der Waals surface area (Å²) in [6, 6.07) is 17.8. The lowest BCUT2D eigenvalue weighted by atomic mass is 10.1. The number of ether oxygens (including phenoxy) is 3. The average molecular weight is 567 g/mol. The van der Waals surface area contributed by atoms with Crippen molar-refractivity contribution in [2.45, 2.75) is 13.8 Å². The van der Waals surface area contributed by atoms with Crippen molar-refractivity contribution in [1.82, 2.24) is 4.90 Å². The molecule has 1 aliphatic rings. The molecule has 0 saturated carbocycles. The fourth-order valence-corrected chi connectivity index (χ4v) is 4.80. The van der Waals surface area contributed by atoms with E-state index in [2.05, 4.69) is 5.32 Å². The Labute approximate surface area is 235 Å². The fourth-order valence-electron chi connectivity index (χ4n) is 3.75. The Balaban J connectivity index is 1.36. The Bertz CT molecular complexity index is 1440. The second-order valence-electron chi connectivity index (χ2n) is 8.68. The molecule has 39 heavy (non-hydrogen) atoms. The van der Waals surface area contributed by atoms with Crippen LogP contribution < -0.4 is 19.5 Å². The number of rotatable bonds is 10. The Morgan fingerprint density at radius 1 is 1.00 bits per heavy atom. The molecule has 1 fully saturated rings. The van der Waals surface area contributed by atoms with Crippen LogP contribution in [-0.4, -0.2) is 48.8 Å². The molecule has 10 heteroatoms. The smallest absolute Gasteiger partial charge is 0.293 e. The van der Waals surface area contributed by atoms with Crippen molar-refractivity contribution in [3.05, 3.63) is 87.3 Å². The maximum Gasteiger partial charge on any atom is 0.293 e. The number of para-hydroxylation sites is 1. The predicted octanol–water partition coefficient (Wildman–Crippen LogP) is 6.10. The molecule has 0 aliphatic carbocycles. The summed E-state index contributed by atoms with van der Waals surface area (Å²) in [4.78, 5) is 39.2. The SMILES string of the molecule is COc1cc(/C=C2\SC(=O)N(CCOc3ccccc3Cl)C2=O)ccc1OCC(=O)Nc1cc(C)ccc1C. The zero-order valence-electron chi connectivity index (χ0n) is 21.7. The van der Waals surface area contributed by atoms with Crippen LogP contribution in [0.1, 0.15) is 16.7 Å². The van der Waals surface area contributed by atoms with Crippen LogP contribution in [0.5, 0.6) is 17.2 Å². The minimum atomic E-state index is -0.407. The van der Waals surface area contributed by atoms with Crippen LogP contribution >= 0.6 is 23.4 Å². The molecule has 3 aromatic carbocycles. The second-order valence-corrected chi connectivity index (χ2v) is 10.1. The number of hydrogen-bond acceptors (Lipinski definition) is 7. The topological polar surface area (TPSA) is 94.2 Å². The van der Waals surface area contributed by atoms with E-state index < -0.39 is 5.91 Å². The van der Waals surface area contributed by atoms with Gasteiger partial charge in [-0.3, -0.25) is 19.3 Å². The maximum absolute atomic E-state index is 12.9. The van der Waals surface area contributed by atoms with Gasteiger partial charge in [-0.25, -0.2) is 0 Å². The van der Waals surface area contributed by atoms with Gasteiger partial charge < -0.3 is 19.5 Å². The highest BCUT2D eigenvalue weighted by Gasteiger charge is 2.34. The molecule has 1 heterocycles. The minimum Gasteiger partial charge on any atom is -0.493 e. The molecule has 1 aliphatic heterocycles. The van der Waals surface area contributed by atoms with Gasteiger partial charge in [0, 0.05) is 5.69 Å². The van der Waals surface area contributed by atoms with E-state index in [0.717, 1.165) is 33.5 Å². The van der Waals surface area contributed by atoms with E-state index in [1.807, 2.05) is 32.0 Å². The van der Waals surface area contributed by atoms with Crippen LogP contribution in [0.3, 0.4) is 0 Å².